The zero-order valence-electron chi connectivity index (χ0n) is 23.0. The zero-order valence-corrected chi connectivity index (χ0v) is 24.6. The smallest absolute Gasteiger partial charge is 0.297 e. The average molecular weight is 620 g/mol. The van der Waals surface area contributed by atoms with E-state index in [0.717, 1.165) is 17.2 Å². The van der Waals surface area contributed by atoms with Crippen molar-refractivity contribution in [2.45, 2.75) is 30.6 Å². The first-order valence-corrected chi connectivity index (χ1v) is 15.5. The van der Waals surface area contributed by atoms with Crippen LogP contribution in [0.3, 0.4) is 0 Å². The third kappa shape index (κ3) is 5.81. The van der Waals surface area contributed by atoms with Gasteiger partial charge < -0.3 is 10.8 Å². The van der Waals surface area contributed by atoms with Gasteiger partial charge in [0.15, 0.2) is 5.75 Å². The molecule has 0 unspecified atom stereocenters. The van der Waals surface area contributed by atoms with Crippen LogP contribution in [0.25, 0.3) is 21.5 Å². The molecule has 14 heteroatoms. The number of fused-ring (bicyclic) bond motifs is 2. The van der Waals surface area contributed by atoms with E-state index in [4.69, 9.17) is 5.73 Å². The molecule has 0 spiro atoms. The topological polar surface area (TPSA) is 204 Å². The minimum atomic E-state index is -4.82. The molecular weight excluding hydrogens is 594 g/mol. The van der Waals surface area contributed by atoms with E-state index in [1.54, 1.807) is 55.5 Å². The quantitative estimate of drug-likeness (QED) is 0.0847. The highest BCUT2D eigenvalue weighted by Gasteiger charge is 2.25. The molecule has 0 atom stereocenters. The molecule has 0 amide bonds. The number of aromatic hydroxyl groups is 1. The normalized spacial score (nSPS) is 12.7. The lowest BCUT2D eigenvalue weighted by atomic mass is 10.0. The molecule has 0 aliphatic carbocycles. The molecule has 0 heterocycles. The van der Waals surface area contributed by atoms with Crippen molar-refractivity contribution in [3.05, 3.63) is 83.4 Å². The largest absolute Gasteiger partial charge is 0.505 e. The van der Waals surface area contributed by atoms with Crippen LogP contribution in [0.2, 0.25) is 0 Å². The van der Waals surface area contributed by atoms with Crippen LogP contribution < -0.4 is 5.73 Å². The number of hydrogen-bond donors (Lipinski definition) is 4. The molecule has 0 saturated heterocycles. The number of nitrogens with zero attached hydrogens (tertiary/aromatic N) is 4. The second kappa shape index (κ2) is 10.8. The highest BCUT2D eigenvalue weighted by Crippen LogP contribution is 2.47. The number of phenols is 1. The molecule has 5 rings (SSSR count). The maximum absolute atomic E-state index is 12.3. The molecule has 5 aromatic carbocycles. The fraction of sp³-hybridized carbons (Fsp3) is 0.103. The van der Waals surface area contributed by atoms with Gasteiger partial charge in [0.05, 0.1) is 16.8 Å². The first-order chi connectivity index (χ1) is 20.1. The molecule has 0 aromatic heterocycles. The Kier molecular flexibility index (Phi) is 7.48. The molecule has 12 nitrogen and oxygen atoms in total. The van der Waals surface area contributed by atoms with Crippen molar-refractivity contribution in [3.8, 4) is 5.75 Å². The molecule has 0 radical (unpaired) electrons. The second-order valence-electron chi connectivity index (χ2n) is 9.95. The van der Waals surface area contributed by atoms with E-state index in [1.807, 2.05) is 13.8 Å². The van der Waals surface area contributed by atoms with Crippen LogP contribution in [0, 0.1) is 20.8 Å². The number of aryl methyl sites for hydroxylation is 3. The predicted molar refractivity (Wildman–Crippen MR) is 163 cm³/mol. The number of rotatable bonds is 6. The molecule has 0 bridgehead atoms. The average Bonchev–Trinajstić information content (AvgIpc) is 2.91. The van der Waals surface area contributed by atoms with Gasteiger partial charge in [0.1, 0.15) is 26.9 Å². The Bertz CT molecular complexity index is 2230. The molecule has 220 valence electrons. The van der Waals surface area contributed by atoms with Crippen molar-refractivity contribution in [2.24, 2.45) is 20.5 Å². The number of hydrogen-bond acceptors (Lipinski definition) is 10. The summed E-state index contributed by atoms with van der Waals surface area (Å²) < 4.78 is 69.1. The van der Waals surface area contributed by atoms with Gasteiger partial charge in [-0.2, -0.15) is 21.9 Å². The Labute approximate surface area is 246 Å². The van der Waals surface area contributed by atoms with Gasteiger partial charge in [-0.3, -0.25) is 9.11 Å². The van der Waals surface area contributed by atoms with Crippen LogP contribution in [0.1, 0.15) is 16.7 Å². The summed E-state index contributed by atoms with van der Waals surface area (Å²) in [5.41, 5.74) is 7.85. The summed E-state index contributed by atoms with van der Waals surface area (Å²) in [6, 6.07) is 17.4. The molecule has 0 fully saturated rings. The minimum absolute atomic E-state index is 0.0474. The van der Waals surface area contributed by atoms with Crippen LogP contribution >= 0.6 is 0 Å². The number of nitrogen functional groups attached to an aromatic ring is 1. The Morgan fingerprint density at radius 2 is 1.33 bits per heavy atom. The summed E-state index contributed by atoms with van der Waals surface area (Å²) in [5.74, 6) is -0.505. The molecule has 43 heavy (non-hydrogen) atoms. The number of azo groups is 2. The minimum Gasteiger partial charge on any atom is -0.505 e. The number of nitrogens with two attached hydrogens (primary N) is 1. The first kappa shape index (κ1) is 29.7. The van der Waals surface area contributed by atoms with Gasteiger partial charge in [0.25, 0.3) is 20.2 Å². The monoisotopic (exact) mass is 619 g/mol. The van der Waals surface area contributed by atoms with E-state index in [2.05, 4.69) is 20.5 Å². The summed E-state index contributed by atoms with van der Waals surface area (Å²) >= 11 is 0. The molecule has 0 aliphatic heterocycles. The van der Waals surface area contributed by atoms with Gasteiger partial charge in [-0.05, 0) is 67.4 Å². The van der Waals surface area contributed by atoms with Gasteiger partial charge in [-0.1, -0.05) is 47.5 Å². The Hall–Kier alpha value is -4.76. The van der Waals surface area contributed by atoms with Crippen molar-refractivity contribution >= 4 is 70.2 Å². The van der Waals surface area contributed by atoms with Crippen LogP contribution in [0.15, 0.2) is 97.0 Å². The van der Waals surface area contributed by atoms with Gasteiger partial charge >= 0.3 is 0 Å². The number of anilines is 1. The summed E-state index contributed by atoms with van der Waals surface area (Å²) in [7, 11) is -9.55. The fourth-order valence-electron chi connectivity index (χ4n) is 4.68. The number of benzene rings is 5. The summed E-state index contributed by atoms with van der Waals surface area (Å²) in [5, 5.41) is 28.3. The van der Waals surface area contributed by atoms with Gasteiger partial charge in [0, 0.05) is 5.39 Å². The fourth-order valence-corrected chi connectivity index (χ4v) is 6.19. The van der Waals surface area contributed by atoms with Gasteiger partial charge in [0.2, 0.25) is 0 Å². The van der Waals surface area contributed by atoms with Crippen LogP contribution in [0.5, 0.6) is 5.75 Å². The maximum atomic E-state index is 12.3. The second-order valence-corrected chi connectivity index (χ2v) is 12.7. The zero-order chi connectivity index (χ0) is 31.3. The van der Waals surface area contributed by atoms with E-state index in [-0.39, 0.29) is 33.2 Å². The van der Waals surface area contributed by atoms with Crippen LogP contribution in [-0.4, -0.2) is 31.0 Å². The summed E-state index contributed by atoms with van der Waals surface area (Å²) in [6.45, 7) is 5.27. The number of phenolic OH excluding ortho intramolecular Hbond substituents is 1. The summed E-state index contributed by atoms with van der Waals surface area (Å²) in [4.78, 5) is -1.08. The van der Waals surface area contributed by atoms with Crippen molar-refractivity contribution in [2.75, 3.05) is 5.73 Å². The first-order valence-electron chi connectivity index (χ1n) is 12.6. The van der Waals surface area contributed by atoms with Gasteiger partial charge in [-0.25, -0.2) is 0 Å². The van der Waals surface area contributed by atoms with E-state index in [1.165, 1.54) is 12.1 Å². The molecular formula is C29H25N5O7S2. The molecule has 0 saturated carbocycles. The van der Waals surface area contributed by atoms with Crippen molar-refractivity contribution in [3.63, 3.8) is 0 Å². The van der Waals surface area contributed by atoms with Crippen LogP contribution in [0.4, 0.5) is 28.4 Å². The Morgan fingerprint density at radius 1 is 0.674 bits per heavy atom. The van der Waals surface area contributed by atoms with E-state index >= 15 is 0 Å². The summed E-state index contributed by atoms with van der Waals surface area (Å²) in [6.07, 6.45) is 0. The van der Waals surface area contributed by atoms with Crippen molar-refractivity contribution in [1.29, 1.82) is 0 Å². The third-order valence-corrected chi connectivity index (χ3v) is 8.55. The van der Waals surface area contributed by atoms with E-state index < -0.39 is 41.5 Å². The van der Waals surface area contributed by atoms with E-state index in [9.17, 15) is 31.0 Å². The third-order valence-electron chi connectivity index (χ3n) is 6.74. The SMILES string of the molecule is Cc1ccc(N=Nc2c(S(=O)(=O)O)cc3cc(C)c(N=Nc4ccc5cc(C)ccc5c4S(=O)(=O)O)c(O)c3c2N)cc1. The molecule has 0 aliphatic rings. The van der Waals surface area contributed by atoms with Crippen molar-refractivity contribution < 1.29 is 31.0 Å². The Balaban J connectivity index is 1.70. The highest BCUT2D eigenvalue weighted by molar-refractivity contribution is 7.86. The molecule has 5 N–H and O–H groups in total. The predicted octanol–water partition coefficient (Wildman–Crippen LogP) is 7.53. The lowest BCUT2D eigenvalue weighted by Crippen LogP contribution is -2.02. The van der Waals surface area contributed by atoms with Crippen molar-refractivity contribution in [1.82, 2.24) is 0 Å². The molecule has 5 aromatic rings. The Morgan fingerprint density at radius 3 is 1.98 bits per heavy atom. The lowest BCUT2D eigenvalue weighted by Gasteiger charge is -2.14. The standard InChI is InChI=1S/C29H25N5O7S2/c1-15-4-8-20(9-5-15)31-34-27-23(42(36,37)38)14-19-13-17(3)26(28(35)24(19)25(27)30)33-32-22-11-7-18-12-16(2)6-10-21(18)29(22)43(39,40)41/h4-14,35H,30H2,1-3H3,(H,36,37,38)(H,39,40,41). The van der Waals surface area contributed by atoms with Gasteiger partial charge in [-0.15, -0.1) is 15.3 Å². The van der Waals surface area contributed by atoms with Crippen LogP contribution in [-0.2, 0) is 20.2 Å². The maximum Gasteiger partial charge on any atom is 0.297 e. The lowest BCUT2D eigenvalue weighted by molar-refractivity contribution is 0.480. The van der Waals surface area contributed by atoms with E-state index in [0.29, 0.717) is 16.6 Å². The highest BCUT2D eigenvalue weighted by atomic mass is 32.2.